The van der Waals surface area contributed by atoms with Crippen molar-refractivity contribution in [2.45, 2.75) is 18.9 Å². The highest BCUT2D eigenvalue weighted by Crippen LogP contribution is 2.51. The van der Waals surface area contributed by atoms with E-state index in [9.17, 15) is 8.42 Å². The fraction of sp³-hybridized carbons (Fsp3) is 0.538. The molecule has 9 heteroatoms. The van der Waals surface area contributed by atoms with Crippen LogP contribution in [0.5, 0.6) is 0 Å². The van der Waals surface area contributed by atoms with Crippen LogP contribution in [-0.4, -0.2) is 53.5 Å². The largest absolute Gasteiger partial charge is 0.367 e. The highest BCUT2D eigenvalue weighted by Gasteiger charge is 2.54. The average Bonchev–Trinajstić information content (AvgIpc) is 2.82. The van der Waals surface area contributed by atoms with Crippen LogP contribution in [0.15, 0.2) is 24.7 Å². The van der Waals surface area contributed by atoms with E-state index in [1.807, 2.05) is 12.3 Å². The number of hydrogen-bond acceptors (Lipinski definition) is 5. The van der Waals surface area contributed by atoms with Crippen LogP contribution in [0.3, 0.4) is 0 Å². The SMILES string of the molecule is CN(C1CC2(C1)CN(c1ccnn3ccnc13)C2)S(N)(=O)=O. The van der Waals surface area contributed by atoms with Crippen molar-refractivity contribution in [1.29, 1.82) is 0 Å². The number of rotatable bonds is 3. The maximum atomic E-state index is 11.4. The molecular weight excluding hydrogens is 304 g/mol. The molecule has 22 heavy (non-hydrogen) atoms. The van der Waals surface area contributed by atoms with Crippen molar-refractivity contribution in [3.63, 3.8) is 0 Å². The molecule has 118 valence electrons. The zero-order chi connectivity index (χ0) is 15.5. The average molecular weight is 322 g/mol. The van der Waals surface area contributed by atoms with Gasteiger partial charge in [-0.1, -0.05) is 0 Å². The van der Waals surface area contributed by atoms with Crippen LogP contribution in [0, 0.1) is 5.41 Å². The van der Waals surface area contributed by atoms with E-state index >= 15 is 0 Å². The van der Waals surface area contributed by atoms with Gasteiger partial charge in [0.15, 0.2) is 5.65 Å². The molecule has 0 radical (unpaired) electrons. The van der Waals surface area contributed by atoms with E-state index in [2.05, 4.69) is 15.0 Å². The first kappa shape index (κ1) is 13.9. The Bertz CT molecular complexity index is 818. The van der Waals surface area contributed by atoms with E-state index < -0.39 is 10.2 Å². The monoisotopic (exact) mass is 322 g/mol. The predicted molar refractivity (Wildman–Crippen MR) is 81.5 cm³/mol. The molecule has 1 saturated carbocycles. The lowest BCUT2D eigenvalue weighted by molar-refractivity contribution is 0.0211. The maximum absolute atomic E-state index is 11.4. The molecule has 0 aromatic carbocycles. The second-order valence-corrected chi connectivity index (χ2v) is 8.00. The smallest absolute Gasteiger partial charge is 0.276 e. The highest BCUT2D eigenvalue weighted by molar-refractivity contribution is 7.86. The lowest BCUT2D eigenvalue weighted by Crippen LogP contribution is -2.67. The minimum atomic E-state index is -3.59. The first-order valence-electron chi connectivity index (χ1n) is 7.17. The molecule has 0 unspecified atom stereocenters. The Morgan fingerprint density at radius 3 is 2.77 bits per heavy atom. The van der Waals surface area contributed by atoms with Crippen molar-refractivity contribution < 1.29 is 8.42 Å². The van der Waals surface area contributed by atoms with Crippen molar-refractivity contribution in [2.24, 2.45) is 10.6 Å². The summed E-state index contributed by atoms with van der Waals surface area (Å²) in [7, 11) is -2.03. The Balaban J connectivity index is 1.45. The zero-order valence-electron chi connectivity index (χ0n) is 12.3. The molecule has 0 bridgehead atoms. The minimum Gasteiger partial charge on any atom is -0.367 e. The van der Waals surface area contributed by atoms with Crippen LogP contribution in [0.2, 0.25) is 0 Å². The molecule has 4 rings (SSSR count). The van der Waals surface area contributed by atoms with E-state index in [1.54, 1.807) is 24.0 Å². The zero-order valence-corrected chi connectivity index (χ0v) is 13.1. The molecule has 2 aromatic rings. The molecule has 2 aromatic heterocycles. The molecular formula is C13H18N6O2S. The van der Waals surface area contributed by atoms with Crippen LogP contribution in [0.25, 0.3) is 5.65 Å². The lowest BCUT2D eigenvalue weighted by atomic mass is 9.60. The van der Waals surface area contributed by atoms with Gasteiger partial charge in [-0.3, -0.25) is 0 Å². The number of anilines is 1. The Hall–Kier alpha value is -1.71. The topological polar surface area (TPSA) is 96.8 Å². The van der Waals surface area contributed by atoms with Gasteiger partial charge < -0.3 is 4.90 Å². The first-order valence-corrected chi connectivity index (χ1v) is 8.67. The van der Waals surface area contributed by atoms with Crippen molar-refractivity contribution in [3.05, 3.63) is 24.7 Å². The van der Waals surface area contributed by atoms with Gasteiger partial charge in [-0.25, -0.2) is 14.6 Å². The Labute approximate surface area is 128 Å². The lowest BCUT2D eigenvalue weighted by Gasteiger charge is -2.60. The van der Waals surface area contributed by atoms with Crippen LogP contribution in [-0.2, 0) is 10.2 Å². The van der Waals surface area contributed by atoms with E-state index in [4.69, 9.17) is 5.14 Å². The summed E-state index contributed by atoms with van der Waals surface area (Å²) in [6.07, 6.45) is 7.07. The Morgan fingerprint density at radius 2 is 2.09 bits per heavy atom. The van der Waals surface area contributed by atoms with Gasteiger partial charge in [-0.15, -0.1) is 0 Å². The second kappa shape index (κ2) is 4.40. The van der Waals surface area contributed by atoms with Crippen LogP contribution in [0.1, 0.15) is 12.8 Å². The molecule has 1 aliphatic carbocycles. The molecule has 3 heterocycles. The number of nitrogens with zero attached hydrogens (tertiary/aromatic N) is 5. The summed E-state index contributed by atoms with van der Waals surface area (Å²) in [6.45, 7) is 1.85. The maximum Gasteiger partial charge on any atom is 0.276 e. The van der Waals surface area contributed by atoms with Crippen LogP contribution in [0.4, 0.5) is 5.69 Å². The number of nitrogens with two attached hydrogens (primary N) is 1. The summed E-state index contributed by atoms with van der Waals surface area (Å²) < 4.78 is 25.8. The van der Waals surface area contributed by atoms with Gasteiger partial charge in [0.25, 0.3) is 10.2 Å². The Kier molecular flexibility index (Phi) is 2.78. The van der Waals surface area contributed by atoms with Gasteiger partial charge in [-0.05, 0) is 18.9 Å². The van der Waals surface area contributed by atoms with Gasteiger partial charge in [0.05, 0.1) is 11.9 Å². The van der Waals surface area contributed by atoms with Gasteiger partial charge in [-0.2, -0.15) is 17.8 Å². The number of imidazole rings is 1. The second-order valence-electron chi connectivity index (χ2n) is 6.39. The summed E-state index contributed by atoms with van der Waals surface area (Å²) in [4.78, 5) is 6.62. The van der Waals surface area contributed by atoms with E-state index in [1.165, 1.54) is 4.31 Å². The summed E-state index contributed by atoms with van der Waals surface area (Å²) >= 11 is 0. The molecule has 1 spiro atoms. The fourth-order valence-electron chi connectivity index (χ4n) is 3.67. The molecule has 2 fully saturated rings. The van der Waals surface area contributed by atoms with Gasteiger partial charge >= 0.3 is 0 Å². The van der Waals surface area contributed by atoms with E-state index in [-0.39, 0.29) is 11.5 Å². The minimum absolute atomic E-state index is 0.0287. The molecule has 8 nitrogen and oxygen atoms in total. The fourth-order valence-corrected chi connectivity index (χ4v) is 4.23. The molecule has 1 saturated heterocycles. The van der Waals surface area contributed by atoms with Crippen molar-refractivity contribution >= 4 is 21.5 Å². The third-order valence-electron chi connectivity index (χ3n) is 4.92. The van der Waals surface area contributed by atoms with Crippen LogP contribution < -0.4 is 10.0 Å². The van der Waals surface area contributed by atoms with Crippen LogP contribution >= 0.6 is 0 Å². The van der Waals surface area contributed by atoms with Gasteiger partial charge in [0, 0.05) is 44.0 Å². The molecule has 1 aliphatic heterocycles. The summed E-state index contributed by atoms with van der Waals surface area (Å²) in [5.74, 6) is 0. The van der Waals surface area contributed by atoms with Gasteiger partial charge in [0.1, 0.15) is 0 Å². The third kappa shape index (κ3) is 2.00. The first-order chi connectivity index (χ1) is 10.4. The van der Waals surface area contributed by atoms with Crippen molar-refractivity contribution in [2.75, 3.05) is 25.0 Å². The molecule has 2 aliphatic rings. The Morgan fingerprint density at radius 1 is 1.36 bits per heavy atom. The number of hydrogen-bond donors (Lipinski definition) is 1. The summed E-state index contributed by atoms with van der Waals surface area (Å²) in [5.41, 5.74) is 2.15. The third-order valence-corrected chi connectivity index (χ3v) is 6.02. The standard InChI is InChI=1S/C13H18N6O2S/c1-17(22(14,20)21)10-6-13(7-10)8-18(9-13)11-2-3-16-19-5-4-15-12(11)19/h2-5,10H,6-9H2,1H3,(H2,14,20,21). The van der Waals surface area contributed by atoms with E-state index in [0.717, 1.165) is 37.3 Å². The molecule has 0 amide bonds. The normalized spacial score (nSPS) is 21.3. The highest BCUT2D eigenvalue weighted by atomic mass is 32.2. The molecule has 0 atom stereocenters. The van der Waals surface area contributed by atoms with Gasteiger partial charge in [0.2, 0.25) is 0 Å². The van der Waals surface area contributed by atoms with Crippen molar-refractivity contribution in [1.82, 2.24) is 18.9 Å². The quantitative estimate of drug-likeness (QED) is 0.846. The number of aromatic nitrogens is 3. The van der Waals surface area contributed by atoms with E-state index in [0.29, 0.717) is 0 Å². The predicted octanol–water partition coefficient (Wildman–Crippen LogP) is -0.167. The summed E-state index contributed by atoms with van der Waals surface area (Å²) in [5, 5.41) is 9.39. The van der Waals surface area contributed by atoms with Crippen molar-refractivity contribution in [3.8, 4) is 0 Å². The molecule has 2 N–H and O–H groups in total. The summed E-state index contributed by atoms with van der Waals surface area (Å²) in [6, 6.07) is 2.00. The number of fused-ring (bicyclic) bond motifs is 1.